The molecule has 1 fully saturated rings. The number of nitrogens with zero attached hydrogens (tertiary/aromatic N) is 2. The van der Waals surface area contributed by atoms with Crippen LogP contribution in [0.15, 0.2) is 4.99 Å². The molecule has 1 rings (SSSR count). The minimum Gasteiger partial charge on any atom is -0.370 e. The Morgan fingerprint density at radius 1 is 1.28 bits per heavy atom. The van der Waals surface area contributed by atoms with Crippen molar-refractivity contribution in [3.8, 4) is 0 Å². The molecule has 18 heavy (non-hydrogen) atoms. The molecule has 0 unspecified atom stereocenters. The highest BCUT2D eigenvalue weighted by atomic mass is 15.2. The van der Waals surface area contributed by atoms with Gasteiger partial charge in [-0.25, -0.2) is 0 Å². The summed E-state index contributed by atoms with van der Waals surface area (Å²) in [6, 6.07) is 0.755. The third-order valence-corrected chi connectivity index (χ3v) is 3.44. The molecule has 4 nitrogen and oxygen atoms in total. The number of hydrogen-bond acceptors (Lipinski definition) is 2. The first-order valence-corrected chi connectivity index (χ1v) is 7.17. The Balaban J connectivity index is 2.25. The van der Waals surface area contributed by atoms with E-state index in [1.54, 1.807) is 0 Å². The van der Waals surface area contributed by atoms with Crippen LogP contribution < -0.4 is 11.1 Å². The molecular formula is C14H30N4. The van der Waals surface area contributed by atoms with Crippen LogP contribution in [0.25, 0.3) is 0 Å². The molecule has 0 amide bonds. The van der Waals surface area contributed by atoms with E-state index >= 15 is 0 Å². The zero-order chi connectivity index (χ0) is 13.6. The van der Waals surface area contributed by atoms with Crippen LogP contribution in [0, 0.1) is 0 Å². The lowest BCUT2D eigenvalue weighted by Gasteiger charge is -2.30. The van der Waals surface area contributed by atoms with Gasteiger partial charge in [0.05, 0.1) is 6.54 Å². The van der Waals surface area contributed by atoms with Crippen LogP contribution in [-0.2, 0) is 0 Å². The zero-order valence-electron chi connectivity index (χ0n) is 12.5. The van der Waals surface area contributed by atoms with Crippen molar-refractivity contribution in [3.63, 3.8) is 0 Å². The molecule has 0 atom stereocenters. The summed E-state index contributed by atoms with van der Waals surface area (Å²) in [5.41, 5.74) is 5.83. The maximum atomic E-state index is 5.84. The molecule has 0 aliphatic heterocycles. The van der Waals surface area contributed by atoms with Gasteiger partial charge in [-0.3, -0.25) is 4.99 Å². The second kappa shape index (κ2) is 6.98. The van der Waals surface area contributed by atoms with Gasteiger partial charge in [-0.2, -0.15) is 0 Å². The first kappa shape index (κ1) is 15.3. The van der Waals surface area contributed by atoms with Crippen LogP contribution in [0.2, 0.25) is 0 Å². The summed E-state index contributed by atoms with van der Waals surface area (Å²) in [4.78, 5) is 6.82. The number of rotatable bonds is 4. The van der Waals surface area contributed by atoms with Crippen LogP contribution in [0.4, 0.5) is 0 Å². The number of nitrogens with two attached hydrogens (primary N) is 1. The van der Waals surface area contributed by atoms with Crippen molar-refractivity contribution in [2.24, 2.45) is 10.7 Å². The van der Waals surface area contributed by atoms with Gasteiger partial charge in [0.2, 0.25) is 0 Å². The molecule has 106 valence electrons. The Labute approximate surface area is 112 Å². The molecule has 0 bridgehead atoms. The molecular weight excluding hydrogens is 224 g/mol. The molecule has 1 aliphatic carbocycles. The van der Waals surface area contributed by atoms with E-state index in [0.717, 1.165) is 19.1 Å². The van der Waals surface area contributed by atoms with Crippen molar-refractivity contribution in [1.29, 1.82) is 0 Å². The monoisotopic (exact) mass is 254 g/mol. The van der Waals surface area contributed by atoms with Crippen molar-refractivity contribution >= 4 is 5.96 Å². The van der Waals surface area contributed by atoms with Gasteiger partial charge in [0.15, 0.2) is 5.96 Å². The number of guanidine groups is 1. The fraction of sp³-hybridized carbons (Fsp3) is 0.929. The van der Waals surface area contributed by atoms with E-state index in [9.17, 15) is 0 Å². The second-order valence-electron chi connectivity index (χ2n) is 6.41. The van der Waals surface area contributed by atoms with E-state index < -0.39 is 0 Å². The molecule has 0 spiro atoms. The summed E-state index contributed by atoms with van der Waals surface area (Å²) in [6.07, 6.45) is 6.86. The molecule has 0 radical (unpaired) electrons. The summed E-state index contributed by atoms with van der Waals surface area (Å²) >= 11 is 0. The molecule has 4 heteroatoms. The normalized spacial score (nSPS) is 19.3. The Morgan fingerprint density at radius 3 is 2.44 bits per heavy atom. The van der Waals surface area contributed by atoms with Gasteiger partial charge in [0.25, 0.3) is 0 Å². The lowest BCUT2D eigenvalue weighted by molar-refractivity contribution is 0.196. The van der Waals surface area contributed by atoms with E-state index in [2.05, 4.69) is 43.0 Å². The molecule has 1 saturated carbocycles. The van der Waals surface area contributed by atoms with Crippen molar-refractivity contribution in [1.82, 2.24) is 10.2 Å². The third-order valence-electron chi connectivity index (χ3n) is 3.44. The van der Waals surface area contributed by atoms with Crippen molar-refractivity contribution in [2.75, 3.05) is 20.1 Å². The van der Waals surface area contributed by atoms with Crippen LogP contribution in [0.5, 0.6) is 0 Å². The number of aliphatic imine (C=N–C) groups is 1. The highest BCUT2D eigenvalue weighted by Crippen LogP contribution is 2.21. The average molecular weight is 254 g/mol. The summed E-state index contributed by atoms with van der Waals surface area (Å²) in [5.74, 6) is 0.555. The summed E-state index contributed by atoms with van der Waals surface area (Å²) < 4.78 is 0. The Hall–Kier alpha value is -0.770. The summed E-state index contributed by atoms with van der Waals surface area (Å²) in [6.45, 7) is 8.04. The van der Waals surface area contributed by atoms with Gasteiger partial charge in [0, 0.05) is 18.1 Å². The van der Waals surface area contributed by atoms with E-state index in [4.69, 9.17) is 5.73 Å². The fourth-order valence-electron chi connectivity index (χ4n) is 2.46. The zero-order valence-corrected chi connectivity index (χ0v) is 12.5. The van der Waals surface area contributed by atoms with Gasteiger partial charge in [-0.15, -0.1) is 0 Å². The molecule has 0 aromatic rings. The minimum atomic E-state index is -0.0111. The lowest BCUT2D eigenvalue weighted by atomic mass is 9.94. The van der Waals surface area contributed by atoms with Gasteiger partial charge >= 0.3 is 0 Å². The van der Waals surface area contributed by atoms with Gasteiger partial charge in [-0.05, 0) is 40.7 Å². The Kier molecular flexibility index (Phi) is 5.93. The topological polar surface area (TPSA) is 53.6 Å². The predicted octanol–water partition coefficient (Wildman–Crippen LogP) is 1.95. The van der Waals surface area contributed by atoms with E-state index in [1.165, 1.54) is 32.1 Å². The smallest absolute Gasteiger partial charge is 0.189 e. The van der Waals surface area contributed by atoms with Crippen LogP contribution in [-0.4, -0.2) is 42.6 Å². The van der Waals surface area contributed by atoms with Crippen molar-refractivity contribution < 1.29 is 0 Å². The standard InChI is InChI=1S/C14H30N4/c1-14(2,3)17-13(15)16-10-11-18(4)12-8-6-5-7-9-12/h12H,5-11H2,1-4H3,(H3,15,16,17). The summed E-state index contributed by atoms with van der Waals surface area (Å²) in [5, 5.41) is 3.18. The predicted molar refractivity (Wildman–Crippen MR) is 78.9 cm³/mol. The van der Waals surface area contributed by atoms with Crippen molar-refractivity contribution in [2.45, 2.75) is 64.5 Å². The minimum absolute atomic E-state index is 0.0111. The number of nitrogens with one attached hydrogen (secondary N) is 1. The second-order valence-corrected chi connectivity index (χ2v) is 6.41. The molecule has 0 aromatic carbocycles. The highest BCUT2D eigenvalue weighted by Gasteiger charge is 2.17. The summed E-state index contributed by atoms with van der Waals surface area (Å²) in [7, 11) is 2.21. The molecule has 0 aromatic heterocycles. The van der Waals surface area contributed by atoms with E-state index in [-0.39, 0.29) is 5.54 Å². The Bertz CT molecular complexity index is 261. The quantitative estimate of drug-likeness (QED) is 0.595. The number of likely N-dealkylation sites (N-methyl/N-ethyl adjacent to an activating group) is 1. The molecule has 0 saturated heterocycles. The lowest BCUT2D eigenvalue weighted by Crippen LogP contribution is -2.45. The average Bonchev–Trinajstić information content (AvgIpc) is 2.27. The van der Waals surface area contributed by atoms with Crippen molar-refractivity contribution in [3.05, 3.63) is 0 Å². The first-order valence-electron chi connectivity index (χ1n) is 7.17. The van der Waals surface area contributed by atoms with E-state index in [1.807, 2.05) is 0 Å². The van der Waals surface area contributed by atoms with E-state index in [0.29, 0.717) is 5.96 Å². The maximum Gasteiger partial charge on any atom is 0.189 e. The molecule has 1 aliphatic rings. The molecule has 0 heterocycles. The highest BCUT2D eigenvalue weighted by molar-refractivity contribution is 5.78. The van der Waals surface area contributed by atoms with Crippen LogP contribution >= 0.6 is 0 Å². The largest absolute Gasteiger partial charge is 0.370 e. The SMILES string of the molecule is CN(CCN=C(N)NC(C)(C)C)C1CCCCC1. The number of hydrogen-bond donors (Lipinski definition) is 2. The van der Waals surface area contributed by atoms with Crippen LogP contribution in [0.1, 0.15) is 52.9 Å². The van der Waals surface area contributed by atoms with Gasteiger partial charge in [0.1, 0.15) is 0 Å². The van der Waals surface area contributed by atoms with Gasteiger partial charge in [-0.1, -0.05) is 19.3 Å². The van der Waals surface area contributed by atoms with Crippen LogP contribution in [0.3, 0.4) is 0 Å². The fourth-order valence-corrected chi connectivity index (χ4v) is 2.46. The third kappa shape index (κ3) is 6.24. The Morgan fingerprint density at radius 2 is 1.89 bits per heavy atom. The maximum absolute atomic E-state index is 5.84. The first-order chi connectivity index (χ1) is 8.38. The molecule has 3 N–H and O–H groups in total. The van der Waals surface area contributed by atoms with Gasteiger partial charge < -0.3 is 16.0 Å².